The smallest absolute Gasteiger partial charge is 0.277 e. The summed E-state index contributed by atoms with van der Waals surface area (Å²) in [5.41, 5.74) is 3.04. The molecule has 0 aliphatic heterocycles. The first-order valence-corrected chi connectivity index (χ1v) is 10.0. The van der Waals surface area contributed by atoms with Crippen LogP contribution in [0.3, 0.4) is 0 Å². The average Bonchev–Trinajstić information content (AvgIpc) is 3.17. The lowest BCUT2D eigenvalue weighted by atomic mass is 10.1. The van der Waals surface area contributed by atoms with Crippen molar-refractivity contribution in [1.82, 2.24) is 15.1 Å². The Morgan fingerprint density at radius 2 is 1.96 bits per heavy atom. The van der Waals surface area contributed by atoms with E-state index in [9.17, 15) is 4.79 Å². The molecule has 7 heteroatoms. The number of aryl methyl sites for hydroxylation is 1. The van der Waals surface area contributed by atoms with Gasteiger partial charge in [-0.15, -0.1) is 10.2 Å². The highest BCUT2D eigenvalue weighted by atomic mass is 32.2. The van der Waals surface area contributed by atoms with Gasteiger partial charge in [-0.25, -0.2) is 0 Å². The van der Waals surface area contributed by atoms with Gasteiger partial charge in [0, 0.05) is 19.2 Å². The molecule has 28 heavy (non-hydrogen) atoms. The standard InChI is InChI=1S/C21H23N3O3S/c1-4-26-18-10-8-16(9-11-18)13-24(3)19(25)14-28-21-23-22-20(27-21)17-7-5-6-15(2)12-17/h5-12H,4,13-14H2,1-3H3. The third-order valence-corrected chi connectivity index (χ3v) is 4.87. The van der Waals surface area contributed by atoms with Crippen LogP contribution < -0.4 is 4.74 Å². The van der Waals surface area contributed by atoms with Gasteiger partial charge in [-0.05, 0) is 43.7 Å². The summed E-state index contributed by atoms with van der Waals surface area (Å²) in [5, 5.41) is 8.48. The summed E-state index contributed by atoms with van der Waals surface area (Å²) in [4.78, 5) is 14.1. The molecule has 0 saturated carbocycles. The minimum atomic E-state index is -0.00538. The zero-order chi connectivity index (χ0) is 19.9. The van der Waals surface area contributed by atoms with E-state index < -0.39 is 0 Å². The van der Waals surface area contributed by atoms with E-state index in [2.05, 4.69) is 10.2 Å². The Balaban J connectivity index is 1.52. The molecule has 0 aliphatic rings. The van der Waals surface area contributed by atoms with Crippen molar-refractivity contribution in [2.75, 3.05) is 19.4 Å². The zero-order valence-electron chi connectivity index (χ0n) is 16.2. The molecular weight excluding hydrogens is 374 g/mol. The maximum atomic E-state index is 12.4. The van der Waals surface area contributed by atoms with Crippen LogP contribution in [0.2, 0.25) is 0 Å². The Kier molecular flexibility index (Phi) is 6.71. The van der Waals surface area contributed by atoms with E-state index in [-0.39, 0.29) is 11.7 Å². The molecule has 0 bridgehead atoms. The van der Waals surface area contributed by atoms with E-state index in [4.69, 9.17) is 9.15 Å². The number of nitrogens with zero attached hydrogens (tertiary/aromatic N) is 3. The monoisotopic (exact) mass is 397 g/mol. The van der Waals surface area contributed by atoms with Crippen molar-refractivity contribution < 1.29 is 13.9 Å². The van der Waals surface area contributed by atoms with E-state index in [1.54, 1.807) is 11.9 Å². The second-order valence-electron chi connectivity index (χ2n) is 6.36. The van der Waals surface area contributed by atoms with Gasteiger partial charge in [0.05, 0.1) is 12.4 Å². The minimum Gasteiger partial charge on any atom is -0.494 e. The van der Waals surface area contributed by atoms with E-state index in [0.717, 1.165) is 22.4 Å². The van der Waals surface area contributed by atoms with Crippen LogP contribution in [0.5, 0.6) is 5.75 Å². The lowest BCUT2D eigenvalue weighted by molar-refractivity contribution is -0.127. The summed E-state index contributed by atoms with van der Waals surface area (Å²) in [6.45, 7) is 5.13. The summed E-state index contributed by atoms with van der Waals surface area (Å²) in [6, 6.07) is 15.6. The molecule has 0 N–H and O–H groups in total. The average molecular weight is 398 g/mol. The van der Waals surface area contributed by atoms with Crippen molar-refractivity contribution >= 4 is 17.7 Å². The quantitative estimate of drug-likeness (QED) is 0.531. The fraction of sp³-hybridized carbons (Fsp3) is 0.286. The van der Waals surface area contributed by atoms with Crippen molar-refractivity contribution in [2.24, 2.45) is 0 Å². The van der Waals surface area contributed by atoms with E-state index >= 15 is 0 Å². The third-order valence-electron chi connectivity index (χ3n) is 4.07. The number of amides is 1. The molecule has 6 nitrogen and oxygen atoms in total. The summed E-state index contributed by atoms with van der Waals surface area (Å²) >= 11 is 1.24. The van der Waals surface area contributed by atoms with Crippen LogP contribution in [0.25, 0.3) is 11.5 Å². The molecule has 3 aromatic rings. The molecular formula is C21H23N3O3S. The van der Waals surface area contributed by atoms with Crippen LogP contribution in [0.15, 0.2) is 58.2 Å². The number of carbonyl (C=O) groups is 1. The first-order chi connectivity index (χ1) is 13.5. The van der Waals surface area contributed by atoms with Gasteiger partial charge in [0.2, 0.25) is 11.8 Å². The number of hydrogen-bond donors (Lipinski definition) is 0. The molecule has 0 spiro atoms. The Morgan fingerprint density at radius 3 is 2.68 bits per heavy atom. The topological polar surface area (TPSA) is 68.5 Å². The maximum absolute atomic E-state index is 12.4. The number of thioether (sulfide) groups is 1. The Morgan fingerprint density at radius 1 is 1.18 bits per heavy atom. The maximum Gasteiger partial charge on any atom is 0.277 e. The third kappa shape index (κ3) is 5.36. The number of aromatic nitrogens is 2. The number of benzene rings is 2. The van der Waals surface area contributed by atoms with Crippen molar-refractivity contribution in [3.8, 4) is 17.2 Å². The first kappa shape index (κ1) is 19.9. The van der Waals surface area contributed by atoms with Crippen LogP contribution >= 0.6 is 11.8 Å². The Hall–Kier alpha value is -2.80. The predicted molar refractivity (Wildman–Crippen MR) is 109 cm³/mol. The molecule has 0 saturated heterocycles. The van der Waals surface area contributed by atoms with Crippen LogP contribution in [-0.2, 0) is 11.3 Å². The highest BCUT2D eigenvalue weighted by Crippen LogP contribution is 2.24. The van der Waals surface area contributed by atoms with Crippen molar-refractivity contribution in [1.29, 1.82) is 0 Å². The fourth-order valence-electron chi connectivity index (χ4n) is 2.62. The van der Waals surface area contributed by atoms with Crippen LogP contribution in [0.4, 0.5) is 0 Å². The molecule has 0 unspecified atom stereocenters. The minimum absolute atomic E-state index is 0.00538. The van der Waals surface area contributed by atoms with Crippen molar-refractivity contribution in [2.45, 2.75) is 25.6 Å². The highest BCUT2D eigenvalue weighted by Gasteiger charge is 2.14. The van der Waals surface area contributed by atoms with Crippen molar-refractivity contribution in [3.63, 3.8) is 0 Å². The zero-order valence-corrected chi connectivity index (χ0v) is 17.0. The molecule has 0 atom stereocenters. The second-order valence-corrected chi connectivity index (χ2v) is 7.28. The lowest BCUT2D eigenvalue weighted by Gasteiger charge is -2.17. The number of hydrogen-bond acceptors (Lipinski definition) is 6. The normalized spacial score (nSPS) is 10.7. The van der Waals surface area contributed by atoms with Crippen molar-refractivity contribution in [3.05, 3.63) is 59.7 Å². The largest absolute Gasteiger partial charge is 0.494 e. The number of carbonyl (C=O) groups excluding carboxylic acids is 1. The molecule has 0 radical (unpaired) electrons. The molecule has 0 fully saturated rings. The van der Waals surface area contributed by atoms with Crippen LogP contribution in [0, 0.1) is 6.92 Å². The van der Waals surface area contributed by atoms with Gasteiger partial charge in [-0.2, -0.15) is 0 Å². The lowest BCUT2D eigenvalue weighted by Crippen LogP contribution is -2.27. The van der Waals surface area contributed by atoms with E-state index in [1.165, 1.54) is 11.8 Å². The summed E-state index contributed by atoms with van der Waals surface area (Å²) < 4.78 is 11.1. The molecule has 2 aromatic carbocycles. The molecule has 1 amide bonds. The van der Waals surface area contributed by atoms with Gasteiger partial charge in [0.25, 0.3) is 5.22 Å². The second kappa shape index (κ2) is 9.41. The first-order valence-electron chi connectivity index (χ1n) is 9.04. The number of rotatable bonds is 8. The van der Waals surface area contributed by atoms with Gasteiger partial charge < -0.3 is 14.1 Å². The Labute approximate surface area is 168 Å². The summed E-state index contributed by atoms with van der Waals surface area (Å²) in [6.07, 6.45) is 0. The molecule has 1 aromatic heterocycles. The van der Waals surface area contributed by atoms with Gasteiger partial charge in [-0.1, -0.05) is 41.6 Å². The van der Waals surface area contributed by atoms with Gasteiger partial charge in [0.15, 0.2) is 0 Å². The highest BCUT2D eigenvalue weighted by molar-refractivity contribution is 7.99. The molecule has 0 aliphatic carbocycles. The fourth-order valence-corrected chi connectivity index (χ4v) is 3.32. The molecule has 146 valence electrons. The molecule has 1 heterocycles. The van der Waals surface area contributed by atoms with E-state index in [1.807, 2.05) is 62.4 Å². The number of ether oxygens (including phenoxy) is 1. The summed E-state index contributed by atoms with van der Waals surface area (Å²) in [7, 11) is 1.78. The predicted octanol–water partition coefficient (Wildman–Crippen LogP) is 4.19. The summed E-state index contributed by atoms with van der Waals surface area (Å²) in [5.74, 6) is 1.52. The van der Waals surface area contributed by atoms with Gasteiger partial charge in [0.1, 0.15) is 5.75 Å². The van der Waals surface area contributed by atoms with E-state index in [0.29, 0.717) is 24.3 Å². The van der Waals surface area contributed by atoms with Crippen LogP contribution in [0.1, 0.15) is 18.1 Å². The van der Waals surface area contributed by atoms with Crippen LogP contribution in [-0.4, -0.2) is 40.4 Å². The SMILES string of the molecule is CCOc1ccc(CN(C)C(=O)CSc2nnc(-c3cccc(C)c3)o2)cc1. The molecule has 3 rings (SSSR count). The van der Waals surface area contributed by atoms with Gasteiger partial charge >= 0.3 is 0 Å². The Bertz CT molecular complexity index is 925. The van der Waals surface area contributed by atoms with Gasteiger partial charge in [-0.3, -0.25) is 4.79 Å².